The van der Waals surface area contributed by atoms with E-state index < -0.39 is 23.7 Å². The van der Waals surface area contributed by atoms with Crippen molar-refractivity contribution in [2.24, 2.45) is 0 Å². The third-order valence-corrected chi connectivity index (χ3v) is 6.25. The van der Waals surface area contributed by atoms with Gasteiger partial charge in [-0.25, -0.2) is 4.39 Å². The van der Waals surface area contributed by atoms with Crippen molar-refractivity contribution in [1.82, 2.24) is 5.32 Å². The number of benzene rings is 2. The topological polar surface area (TPSA) is 90.2 Å². The fourth-order valence-electron chi connectivity index (χ4n) is 4.56. The summed E-state index contributed by atoms with van der Waals surface area (Å²) in [6.45, 7) is 0. The summed E-state index contributed by atoms with van der Waals surface area (Å²) in [5, 5.41) is 3.08. The largest absolute Gasteiger partial charge is 0.493 e. The van der Waals surface area contributed by atoms with Crippen LogP contribution in [-0.2, 0) is 4.79 Å². The zero-order chi connectivity index (χ0) is 25.7. The lowest BCUT2D eigenvalue weighted by atomic mass is 10.0. The smallest absolute Gasteiger partial charge is 0.294 e. The van der Waals surface area contributed by atoms with Crippen LogP contribution in [0.2, 0.25) is 0 Å². The Labute approximate surface area is 208 Å². The van der Waals surface area contributed by atoms with Gasteiger partial charge in [0, 0.05) is 11.7 Å². The van der Waals surface area contributed by atoms with Crippen LogP contribution in [0.5, 0.6) is 17.2 Å². The molecule has 2 amide bonds. The van der Waals surface area contributed by atoms with Crippen LogP contribution in [0.15, 0.2) is 59.2 Å². The third-order valence-electron chi connectivity index (χ3n) is 6.25. The Morgan fingerprint density at radius 3 is 2.25 bits per heavy atom. The fourth-order valence-corrected chi connectivity index (χ4v) is 4.56. The molecule has 0 saturated heterocycles. The van der Waals surface area contributed by atoms with Gasteiger partial charge in [-0.3, -0.25) is 14.5 Å². The van der Waals surface area contributed by atoms with Gasteiger partial charge in [-0.15, -0.1) is 0 Å². The van der Waals surface area contributed by atoms with Crippen molar-refractivity contribution >= 4 is 17.5 Å². The number of carbonyl (C=O) groups is 2. The number of methoxy groups -OCH3 is 3. The van der Waals surface area contributed by atoms with E-state index >= 15 is 0 Å². The second-order valence-corrected chi connectivity index (χ2v) is 8.48. The molecule has 1 aliphatic rings. The molecule has 3 aromatic rings. The predicted octanol–water partition coefficient (Wildman–Crippen LogP) is 4.89. The number of hydrogen-bond donors (Lipinski definition) is 1. The number of carbonyl (C=O) groups excluding carboxylic acids is 2. The first-order valence-electron chi connectivity index (χ1n) is 11.7. The average Bonchev–Trinajstić information content (AvgIpc) is 3.60. The number of nitrogens with one attached hydrogen (secondary N) is 1. The van der Waals surface area contributed by atoms with Gasteiger partial charge >= 0.3 is 0 Å². The molecule has 0 unspecified atom stereocenters. The van der Waals surface area contributed by atoms with Crippen molar-refractivity contribution in [2.45, 2.75) is 37.8 Å². The van der Waals surface area contributed by atoms with Crippen LogP contribution in [0.3, 0.4) is 0 Å². The summed E-state index contributed by atoms with van der Waals surface area (Å²) in [4.78, 5) is 28.9. The molecule has 0 spiro atoms. The first kappa shape index (κ1) is 25.1. The first-order valence-corrected chi connectivity index (χ1v) is 11.7. The molecule has 190 valence electrons. The van der Waals surface area contributed by atoms with Crippen molar-refractivity contribution in [3.05, 3.63) is 71.9 Å². The standard InChI is InChI=1S/C27H29FN2O6/c1-33-22-14-17(15-23(34-2)25(22)35-3)24(26(31)29-19-9-4-5-10-19)30(20-11-6-8-18(28)16-20)27(32)21-12-7-13-36-21/h6-8,11-16,19,24H,4-5,9-10H2,1-3H3,(H,29,31)/t24-/m0/s1. The Morgan fingerprint density at radius 1 is 1.00 bits per heavy atom. The van der Waals surface area contributed by atoms with E-state index in [1.54, 1.807) is 24.3 Å². The third kappa shape index (κ3) is 5.15. The van der Waals surface area contributed by atoms with Crippen LogP contribution in [-0.4, -0.2) is 39.2 Å². The number of ether oxygens (including phenoxy) is 3. The molecule has 9 heteroatoms. The van der Waals surface area contributed by atoms with Gasteiger partial charge in [0.15, 0.2) is 17.3 Å². The molecule has 1 heterocycles. The molecule has 1 N–H and O–H groups in total. The van der Waals surface area contributed by atoms with Crippen molar-refractivity contribution in [3.63, 3.8) is 0 Å². The highest BCUT2D eigenvalue weighted by Crippen LogP contribution is 2.42. The minimum atomic E-state index is -1.20. The van der Waals surface area contributed by atoms with Crippen LogP contribution in [0.25, 0.3) is 0 Å². The van der Waals surface area contributed by atoms with Crippen LogP contribution >= 0.6 is 0 Å². The predicted molar refractivity (Wildman–Crippen MR) is 131 cm³/mol. The molecule has 1 atom stereocenters. The van der Waals surface area contributed by atoms with Gasteiger partial charge in [0.2, 0.25) is 11.7 Å². The van der Waals surface area contributed by atoms with E-state index in [0.29, 0.717) is 22.8 Å². The van der Waals surface area contributed by atoms with Gasteiger partial charge in [0.25, 0.3) is 5.91 Å². The fraction of sp³-hybridized carbons (Fsp3) is 0.333. The molecule has 1 saturated carbocycles. The summed E-state index contributed by atoms with van der Waals surface area (Å²) >= 11 is 0. The Hall–Kier alpha value is -4.01. The van der Waals surface area contributed by atoms with E-state index in [1.165, 1.54) is 56.8 Å². The molecular formula is C27H29FN2O6. The number of furan rings is 1. The number of anilines is 1. The van der Waals surface area contributed by atoms with Gasteiger partial charge in [-0.2, -0.15) is 0 Å². The van der Waals surface area contributed by atoms with E-state index in [0.717, 1.165) is 25.7 Å². The molecule has 4 rings (SSSR count). The zero-order valence-electron chi connectivity index (χ0n) is 20.5. The lowest BCUT2D eigenvalue weighted by Gasteiger charge is -2.32. The molecule has 0 radical (unpaired) electrons. The summed E-state index contributed by atoms with van der Waals surface area (Å²) < 4.78 is 36.1. The van der Waals surface area contributed by atoms with Crippen molar-refractivity contribution in [3.8, 4) is 17.2 Å². The summed E-state index contributed by atoms with van der Waals surface area (Å²) in [6, 6.07) is 10.6. The molecule has 8 nitrogen and oxygen atoms in total. The lowest BCUT2D eigenvalue weighted by molar-refractivity contribution is -0.123. The molecular weight excluding hydrogens is 467 g/mol. The van der Waals surface area contributed by atoms with Gasteiger partial charge in [0.05, 0.1) is 27.6 Å². The Kier molecular flexibility index (Phi) is 7.77. The zero-order valence-corrected chi connectivity index (χ0v) is 20.5. The Balaban J connectivity index is 1.90. The van der Waals surface area contributed by atoms with Crippen molar-refractivity contribution in [1.29, 1.82) is 0 Å². The number of rotatable bonds is 9. The molecule has 1 aromatic heterocycles. The van der Waals surface area contributed by atoms with Gasteiger partial charge in [-0.05, 0) is 60.9 Å². The molecule has 1 aliphatic carbocycles. The molecule has 1 fully saturated rings. The van der Waals surface area contributed by atoms with Crippen molar-refractivity contribution < 1.29 is 32.6 Å². The first-order chi connectivity index (χ1) is 17.5. The second-order valence-electron chi connectivity index (χ2n) is 8.48. The van der Waals surface area contributed by atoms with E-state index in [9.17, 15) is 14.0 Å². The van der Waals surface area contributed by atoms with Crippen LogP contribution in [0.4, 0.5) is 10.1 Å². The van der Waals surface area contributed by atoms with Crippen molar-refractivity contribution in [2.75, 3.05) is 26.2 Å². The lowest BCUT2D eigenvalue weighted by Crippen LogP contribution is -2.46. The van der Waals surface area contributed by atoms with Gasteiger partial charge < -0.3 is 23.9 Å². The van der Waals surface area contributed by atoms with E-state index in [4.69, 9.17) is 18.6 Å². The summed E-state index contributed by atoms with van der Waals surface area (Å²) in [7, 11) is 4.41. The second kappa shape index (κ2) is 11.2. The average molecular weight is 497 g/mol. The number of hydrogen-bond acceptors (Lipinski definition) is 6. The monoisotopic (exact) mass is 496 g/mol. The summed E-state index contributed by atoms with van der Waals surface area (Å²) in [6.07, 6.45) is 5.08. The number of amides is 2. The van der Waals surface area contributed by atoms with E-state index in [2.05, 4.69) is 5.32 Å². The Bertz CT molecular complexity index is 1180. The van der Waals surface area contributed by atoms with E-state index in [-0.39, 0.29) is 17.5 Å². The highest BCUT2D eigenvalue weighted by Gasteiger charge is 2.37. The maximum absolute atomic E-state index is 14.3. The maximum atomic E-state index is 14.3. The van der Waals surface area contributed by atoms with Crippen LogP contribution in [0, 0.1) is 5.82 Å². The van der Waals surface area contributed by atoms with Gasteiger partial charge in [0.1, 0.15) is 11.9 Å². The van der Waals surface area contributed by atoms with Gasteiger partial charge in [-0.1, -0.05) is 18.9 Å². The SMILES string of the molecule is COc1cc([C@@H](C(=O)NC2CCCC2)N(C(=O)c2ccco2)c2cccc(F)c2)cc(OC)c1OC. The highest BCUT2D eigenvalue weighted by molar-refractivity contribution is 6.08. The minimum absolute atomic E-state index is 0.00497. The van der Waals surface area contributed by atoms with E-state index in [1.807, 2.05) is 0 Å². The summed E-state index contributed by atoms with van der Waals surface area (Å²) in [5.41, 5.74) is 0.584. The Morgan fingerprint density at radius 2 is 1.69 bits per heavy atom. The summed E-state index contributed by atoms with van der Waals surface area (Å²) in [5.74, 6) is -0.597. The number of halogens is 1. The minimum Gasteiger partial charge on any atom is -0.493 e. The molecule has 0 aliphatic heterocycles. The number of nitrogens with zero attached hydrogens (tertiary/aromatic N) is 1. The quantitative estimate of drug-likeness (QED) is 0.454. The molecule has 36 heavy (non-hydrogen) atoms. The maximum Gasteiger partial charge on any atom is 0.294 e. The normalized spacial score (nSPS) is 14.2. The molecule has 2 aromatic carbocycles. The highest BCUT2D eigenvalue weighted by atomic mass is 19.1. The van der Waals surface area contributed by atoms with Crippen LogP contribution < -0.4 is 24.4 Å². The molecule has 0 bridgehead atoms. The van der Waals surface area contributed by atoms with Crippen LogP contribution in [0.1, 0.15) is 47.8 Å².